The van der Waals surface area contributed by atoms with Crippen molar-refractivity contribution in [2.24, 2.45) is 0 Å². The Morgan fingerprint density at radius 3 is 2.54 bits per heavy atom. The summed E-state index contributed by atoms with van der Waals surface area (Å²) < 4.78 is 14.3. The molecule has 1 aromatic carbocycles. The number of hydrogen-bond donors (Lipinski definition) is 1. The van der Waals surface area contributed by atoms with Gasteiger partial charge in [0.05, 0.1) is 31.5 Å². The molecule has 2 saturated heterocycles. The molecule has 0 amide bonds. The zero-order chi connectivity index (χ0) is 17.7. The fraction of sp³-hybridized carbons (Fsp3) is 0.333. The first-order valence-electron chi connectivity index (χ1n) is 8.43. The Morgan fingerprint density at radius 2 is 1.77 bits per heavy atom. The molecule has 2 fully saturated rings. The van der Waals surface area contributed by atoms with Crippen molar-refractivity contribution >= 4 is 39.8 Å². The van der Waals surface area contributed by atoms with Crippen molar-refractivity contribution in [3.8, 4) is 0 Å². The number of halogens is 2. The summed E-state index contributed by atoms with van der Waals surface area (Å²) in [5.74, 6) is 0.500. The third-order valence-electron chi connectivity index (χ3n) is 5.02. The molecule has 2 aromatic heterocycles. The third-order valence-corrected chi connectivity index (χ3v) is 5.48. The van der Waals surface area contributed by atoms with Gasteiger partial charge in [-0.15, -0.1) is 0 Å². The smallest absolute Gasteiger partial charge is 0.224 e. The van der Waals surface area contributed by atoms with E-state index >= 15 is 0 Å². The zero-order valence-electron chi connectivity index (χ0n) is 13.7. The van der Waals surface area contributed by atoms with Crippen molar-refractivity contribution in [2.45, 2.75) is 24.3 Å². The summed E-state index contributed by atoms with van der Waals surface area (Å²) in [5, 5.41) is 6.29. The van der Waals surface area contributed by atoms with Crippen molar-refractivity contribution in [1.82, 2.24) is 14.5 Å². The molecule has 8 heteroatoms. The van der Waals surface area contributed by atoms with Crippen LogP contribution < -0.4 is 5.32 Å². The van der Waals surface area contributed by atoms with Gasteiger partial charge in [0.2, 0.25) is 5.28 Å². The van der Waals surface area contributed by atoms with Crippen LogP contribution in [-0.2, 0) is 9.47 Å². The molecule has 3 aromatic rings. The number of aromatic nitrogens is 3. The van der Waals surface area contributed by atoms with E-state index in [0.717, 1.165) is 0 Å². The minimum absolute atomic E-state index is 0.0228. The first-order valence-corrected chi connectivity index (χ1v) is 9.18. The fourth-order valence-corrected chi connectivity index (χ4v) is 4.06. The molecule has 26 heavy (non-hydrogen) atoms. The van der Waals surface area contributed by atoms with Crippen molar-refractivity contribution in [3.63, 3.8) is 0 Å². The molecule has 2 aliphatic heterocycles. The maximum Gasteiger partial charge on any atom is 0.224 e. The predicted octanol–water partition coefficient (Wildman–Crippen LogP) is 3.56. The number of hydrogen-bond acceptors (Lipinski definition) is 5. The number of benzene rings is 1. The number of fused-ring (bicyclic) bond motifs is 2. The summed E-state index contributed by atoms with van der Waals surface area (Å²) in [4.78, 5) is 8.02. The average Bonchev–Trinajstić information content (AvgIpc) is 3.33. The van der Waals surface area contributed by atoms with E-state index in [1.54, 1.807) is 0 Å². The van der Waals surface area contributed by atoms with E-state index in [9.17, 15) is 0 Å². The molecular formula is C18H16Cl2N4O2. The van der Waals surface area contributed by atoms with Gasteiger partial charge in [-0.3, -0.25) is 0 Å². The maximum atomic E-state index is 6.16. The molecule has 1 N–H and O–H groups in total. The van der Waals surface area contributed by atoms with Gasteiger partial charge >= 0.3 is 0 Å². The van der Waals surface area contributed by atoms with E-state index in [1.807, 2.05) is 12.1 Å². The maximum absolute atomic E-state index is 6.16. The first-order chi connectivity index (χ1) is 12.7. The molecule has 0 spiro atoms. The van der Waals surface area contributed by atoms with Gasteiger partial charge in [0.1, 0.15) is 23.0 Å². The van der Waals surface area contributed by atoms with Gasteiger partial charge < -0.3 is 19.4 Å². The van der Waals surface area contributed by atoms with Crippen LogP contribution in [-0.4, -0.2) is 46.0 Å². The van der Waals surface area contributed by atoms with E-state index < -0.39 is 0 Å². The summed E-state index contributed by atoms with van der Waals surface area (Å²) in [6.45, 7) is 1.12. The first kappa shape index (κ1) is 16.3. The molecular weight excluding hydrogens is 375 g/mol. The van der Waals surface area contributed by atoms with Crippen LogP contribution >= 0.6 is 23.2 Å². The Balaban J connectivity index is 1.37. The van der Waals surface area contributed by atoms with Crippen LogP contribution in [0.5, 0.6) is 0 Å². The van der Waals surface area contributed by atoms with Crippen molar-refractivity contribution in [1.29, 1.82) is 0 Å². The monoisotopic (exact) mass is 390 g/mol. The lowest BCUT2D eigenvalue weighted by atomic mass is 10.1. The molecule has 0 radical (unpaired) electrons. The number of rotatable bonds is 3. The Hall–Kier alpha value is -1.86. The highest BCUT2D eigenvalue weighted by atomic mass is 35.5. The lowest BCUT2D eigenvalue weighted by Crippen LogP contribution is -2.35. The summed E-state index contributed by atoms with van der Waals surface area (Å²) in [7, 11) is 0. The Morgan fingerprint density at radius 1 is 1.04 bits per heavy atom. The van der Waals surface area contributed by atoms with Crippen molar-refractivity contribution in [3.05, 3.63) is 53.2 Å². The molecule has 4 atom stereocenters. The van der Waals surface area contributed by atoms with Crippen LogP contribution in [0.2, 0.25) is 10.3 Å². The molecule has 6 nitrogen and oxygen atoms in total. The van der Waals surface area contributed by atoms with Crippen LogP contribution in [0.25, 0.3) is 10.8 Å². The highest BCUT2D eigenvalue weighted by molar-refractivity contribution is 6.33. The van der Waals surface area contributed by atoms with Crippen LogP contribution in [0.1, 0.15) is 6.04 Å². The number of nitrogens with one attached hydrogen (secondary N) is 1. The molecule has 2 aliphatic rings. The Kier molecular flexibility index (Phi) is 4.01. The number of nitrogens with zero attached hydrogens (tertiary/aromatic N) is 3. The average molecular weight is 391 g/mol. The lowest BCUT2D eigenvalue weighted by molar-refractivity contribution is 0.0646. The van der Waals surface area contributed by atoms with Gasteiger partial charge in [0.15, 0.2) is 0 Å². The standard InChI is InChI=1S/C18H16Cl2N4O2/c19-12-5-21-18(20)23-17(12)22-13-8-25-16-14(9-26-15(13)16)24-6-10-3-1-2-4-11(10)7-24/h1-7,13-16H,8-9H2,(H,21,22,23). The summed E-state index contributed by atoms with van der Waals surface area (Å²) in [6, 6.07) is 8.41. The fourth-order valence-electron chi connectivity index (χ4n) is 3.78. The SMILES string of the molecule is Clc1ncc(Cl)c(NC2COC3C2OCC3n2cc3ccccc3c2)n1. The summed E-state index contributed by atoms with van der Waals surface area (Å²) >= 11 is 12.0. The highest BCUT2D eigenvalue weighted by Crippen LogP contribution is 2.37. The molecule has 4 heterocycles. The molecule has 0 aliphatic carbocycles. The zero-order valence-corrected chi connectivity index (χ0v) is 15.2. The van der Waals surface area contributed by atoms with Gasteiger partial charge in [-0.1, -0.05) is 35.9 Å². The molecule has 0 bridgehead atoms. The molecule has 5 rings (SSSR count). The second-order valence-electron chi connectivity index (χ2n) is 6.58. The predicted molar refractivity (Wildman–Crippen MR) is 99.9 cm³/mol. The van der Waals surface area contributed by atoms with E-state index in [4.69, 9.17) is 32.7 Å². The van der Waals surface area contributed by atoms with Gasteiger partial charge in [-0.2, -0.15) is 4.98 Å². The summed E-state index contributed by atoms with van der Waals surface area (Å²) in [5.41, 5.74) is 0. The molecule has 4 unspecified atom stereocenters. The highest BCUT2D eigenvalue weighted by Gasteiger charge is 2.48. The van der Waals surface area contributed by atoms with Crippen molar-refractivity contribution < 1.29 is 9.47 Å². The van der Waals surface area contributed by atoms with Gasteiger partial charge in [-0.25, -0.2) is 4.98 Å². The molecule has 134 valence electrons. The minimum atomic E-state index is -0.0738. The Labute approximate surface area is 160 Å². The van der Waals surface area contributed by atoms with Crippen LogP contribution in [0, 0.1) is 0 Å². The topological polar surface area (TPSA) is 61.2 Å². The van der Waals surface area contributed by atoms with Gasteiger partial charge in [0.25, 0.3) is 0 Å². The van der Waals surface area contributed by atoms with Gasteiger partial charge in [0, 0.05) is 12.4 Å². The Bertz CT molecular complexity index is 930. The minimum Gasteiger partial charge on any atom is -0.371 e. The third kappa shape index (κ3) is 2.74. The molecule has 0 saturated carbocycles. The van der Waals surface area contributed by atoms with Crippen molar-refractivity contribution in [2.75, 3.05) is 18.5 Å². The second kappa shape index (κ2) is 6.39. The quantitative estimate of drug-likeness (QED) is 0.692. The van der Waals surface area contributed by atoms with Crippen LogP contribution in [0.3, 0.4) is 0 Å². The van der Waals surface area contributed by atoms with E-state index in [2.05, 4.69) is 44.4 Å². The number of ether oxygens (including phenoxy) is 2. The lowest BCUT2D eigenvalue weighted by Gasteiger charge is -2.19. The van der Waals surface area contributed by atoms with Crippen LogP contribution in [0.15, 0.2) is 42.9 Å². The van der Waals surface area contributed by atoms with E-state index in [1.165, 1.54) is 17.0 Å². The van der Waals surface area contributed by atoms with E-state index in [0.29, 0.717) is 24.1 Å². The van der Waals surface area contributed by atoms with Crippen LogP contribution in [0.4, 0.5) is 5.82 Å². The normalized spacial score (nSPS) is 27.8. The number of anilines is 1. The van der Waals surface area contributed by atoms with Gasteiger partial charge in [-0.05, 0) is 22.4 Å². The largest absolute Gasteiger partial charge is 0.371 e. The second-order valence-corrected chi connectivity index (χ2v) is 7.33. The summed E-state index contributed by atoms with van der Waals surface area (Å²) in [6.07, 6.45) is 5.69. The van der Waals surface area contributed by atoms with E-state index in [-0.39, 0.29) is 29.6 Å².